The number of anilines is 1. The van der Waals surface area contributed by atoms with Gasteiger partial charge in [0.15, 0.2) is 0 Å². The smallest absolute Gasteiger partial charge is 0.0685 e. The van der Waals surface area contributed by atoms with Crippen LogP contribution in [0.15, 0.2) is 30.3 Å². The maximum absolute atomic E-state index is 6.22. The topological polar surface area (TPSA) is 30.9 Å². The van der Waals surface area contributed by atoms with Crippen molar-refractivity contribution in [1.82, 2.24) is 4.57 Å². The average Bonchev–Trinajstić information content (AvgIpc) is 2.58. The van der Waals surface area contributed by atoms with Crippen LogP contribution in [0, 0.1) is 13.8 Å². The van der Waals surface area contributed by atoms with Crippen molar-refractivity contribution in [1.29, 1.82) is 0 Å². The molecule has 0 saturated carbocycles. The molecule has 2 rings (SSSR count). The van der Waals surface area contributed by atoms with E-state index in [4.69, 9.17) is 5.73 Å². The van der Waals surface area contributed by atoms with Gasteiger partial charge in [-0.25, -0.2) is 0 Å². The fourth-order valence-corrected chi connectivity index (χ4v) is 2.51. The maximum Gasteiger partial charge on any atom is 0.0685 e. The van der Waals surface area contributed by atoms with E-state index in [0.29, 0.717) is 0 Å². The number of nitrogen functional groups attached to an aromatic ring is 1. The number of aryl methyl sites for hydroxylation is 2. The van der Waals surface area contributed by atoms with Crippen molar-refractivity contribution in [3.63, 3.8) is 0 Å². The van der Waals surface area contributed by atoms with Crippen LogP contribution in [-0.4, -0.2) is 4.57 Å². The standard InChI is InChI=1S/C15H19IN2/c1-10-5-6-11(2)18(10)14-8-7-12(9-13(14)17)15(3,4)16/h5-9H,17H2,1-4H3. The molecule has 2 aromatic rings. The van der Waals surface area contributed by atoms with Crippen molar-refractivity contribution < 1.29 is 0 Å². The van der Waals surface area contributed by atoms with Gasteiger partial charge < -0.3 is 10.3 Å². The van der Waals surface area contributed by atoms with Crippen LogP contribution in [-0.2, 0) is 3.42 Å². The Morgan fingerprint density at radius 2 is 1.61 bits per heavy atom. The zero-order valence-corrected chi connectivity index (χ0v) is 13.4. The van der Waals surface area contributed by atoms with E-state index in [1.807, 2.05) is 0 Å². The Morgan fingerprint density at radius 1 is 1.06 bits per heavy atom. The Labute approximate surface area is 122 Å². The quantitative estimate of drug-likeness (QED) is 0.485. The maximum atomic E-state index is 6.22. The third-order valence-electron chi connectivity index (χ3n) is 3.23. The number of nitrogens with two attached hydrogens (primary N) is 1. The van der Waals surface area contributed by atoms with E-state index in [-0.39, 0.29) is 3.42 Å². The Kier molecular flexibility index (Phi) is 3.45. The summed E-state index contributed by atoms with van der Waals surface area (Å²) in [6.07, 6.45) is 0. The third-order valence-corrected chi connectivity index (χ3v) is 3.85. The van der Waals surface area contributed by atoms with Gasteiger partial charge in [-0.05, 0) is 57.5 Å². The van der Waals surface area contributed by atoms with Gasteiger partial charge in [-0.1, -0.05) is 28.7 Å². The molecule has 1 aromatic carbocycles. The normalized spacial score (nSPS) is 11.8. The molecule has 1 heterocycles. The number of alkyl halides is 1. The van der Waals surface area contributed by atoms with Crippen molar-refractivity contribution in [2.24, 2.45) is 0 Å². The van der Waals surface area contributed by atoms with Crippen molar-refractivity contribution >= 4 is 28.3 Å². The van der Waals surface area contributed by atoms with Crippen LogP contribution < -0.4 is 5.73 Å². The largest absolute Gasteiger partial charge is 0.397 e. The Bertz CT molecular complexity index is 557. The molecule has 3 heteroatoms. The third kappa shape index (κ3) is 2.41. The van der Waals surface area contributed by atoms with E-state index in [1.165, 1.54) is 17.0 Å². The first-order valence-corrected chi connectivity index (χ1v) is 7.13. The minimum Gasteiger partial charge on any atom is -0.397 e. The fourth-order valence-electron chi connectivity index (χ4n) is 2.18. The van der Waals surface area contributed by atoms with Crippen LogP contribution in [0.1, 0.15) is 30.8 Å². The first kappa shape index (κ1) is 13.5. The van der Waals surface area contributed by atoms with Gasteiger partial charge in [0, 0.05) is 14.8 Å². The van der Waals surface area contributed by atoms with Crippen molar-refractivity contribution in [3.8, 4) is 5.69 Å². The molecular weight excluding hydrogens is 335 g/mol. The first-order chi connectivity index (χ1) is 8.30. The number of aromatic nitrogens is 1. The zero-order chi connectivity index (χ0) is 13.5. The molecule has 2 N–H and O–H groups in total. The first-order valence-electron chi connectivity index (χ1n) is 6.05. The second-order valence-corrected chi connectivity index (χ2v) is 7.89. The summed E-state index contributed by atoms with van der Waals surface area (Å²) in [5, 5.41) is 0. The number of rotatable bonds is 2. The van der Waals surface area contributed by atoms with E-state index < -0.39 is 0 Å². The lowest BCUT2D eigenvalue weighted by atomic mass is 10.0. The molecule has 96 valence electrons. The SMILES string of the molecule is Cc1ccc(C)n1-c1ccc(C(C)(C)I)cc1N. The molecule has 0 unspecified atom stereocenters. The summed E-state index contributed by atoms with van der Waals surface area (Å²) in [7, 11) is 0. The minimum absolute atomic E-state index is 0.102. The predicted molar refractivity (Wildman–Crippen MR) is 86.7 cm³/mol. The van der Waals surface area contributed by atoms with Gasteiger partial charge in [0.05, 0.1) is 11.4 Å². The number of hydrogen-bond acceptors (Lipinski definition) is 1. The number of benzene rings is 1. The number of hydrogen-bond donors (Lipinski definition) is 1. The monoisotopic (exact) mass is 354 g/mol. The molecular formula is C15H19IN2. The summed E-state index contributed by atoms with van der Waals surface area (Å²) in [5.41, 5.74) is 11.8. The number of nitrogens with zero attached hydrogens (tertiary/aromatic N) is 1. The molecule has 0 bridgehead atoms. The molecule has 18 heavy (non-hydrogen) atoms. The van der Waals surface area contributed by atoms with Crippen LogP contribution in [0.25, 0.3) is 5.69 Å². The highest BCUT2D eigenvalue weighted by atomic mass is 127. The summed E-state index contributed by atoms with van der Waals surface area (Å²) < 4.78 is 2.30. The summed E-state index contributed by atoms with van der Waals surface area (Å²) >= 11 is 2.44. The lowest BCUT2D eigenvalue weighted by Gasteiger charge is -2.20. The summed E-state index contributed by atoms with van der Waals surface area (Å²) in [4.78, 5) is 0. The molecule has 0 fully saturated rings. The van der Waals surface area contributed by atoms with Gasteiger partial charge >= 0.3 is 0 Å². The van der Waals surface area contributed by atoms with Gasteiger partial charge in [0.2, 0.25) is 0 Å². The Balaban J connectivity index is 2.55. The van der Waals surface area contributed by atoms with E-state index >= 15 is 0 Å². The van der Waals surface area contributed by atoms with Crippen LogP contribution in [0.3, 0.4) is 0 Å². The van der Waals surface area contributed by atoms with E-state index in [9.17, 15) is 0 Å². The second-order valence-electron chi connectivity index (χ2n) is 5.20. The predicted octanol–water partition coefficient (Wildman–Crippen LogP) is 4.35. The van der Waals surface area contributed by atoms with Gasteiger partial charge in [-0.2, -0.15) is 0 Å². The average molecular weight is 354 g/mol. The van der Waals surface area contributed by atoms with E-state index in [2.05, 4.69) is 85.2 Å². The summed E-state index contributed by atoms with van der Waals surface area (Å²) in [6, 6.07) is 10.6. The van der Waals surface area contributed by atoms with Crippen LogP contribution >= 0.6 is 22.6 Å². The molecule has 0 spiro atoms. The second kappa shape index (κ2) is 4.61. The summed E-state index contributed by atoms with van der Waals surface area (Å²) in [6.45, 7) is 8.58. The molecule has 0 radical (unpaired) electrons. The van der Waals surface area contributed by atoms with Gasteiger partial charge in [-0.3, -0.25) is 0 Å². The molecule has 0 aliphatic heterocycles. The summed E-state index contributed by atoms with van der Waals surface area (Å²) in [5.74, 6) is 0. The highest BCUT2D eigenvalue weighted by Crippen LogP contribution is 2.33. The van der Waals surface area contributed by atoms with E-state index in [1.54, 1.807) is 0 Å². The van der Waals surface area contributed by atoms with Crippen molar-refractivity contribution in [3.05, 3.63) is 47.3 Å². The molecule has 0 aliphatic rings. The molecule has 0 aliphatic carbocycles. The minimum atomic E-state index is 0.102. The van der Waals surface area contributed by atoms with Crippen LogP contribution in [0.4, 0.5) is 5.69 Å². The van der Waals surface area contributed by atoms with Crippen molar-refractivity contribution in [2.75, 3.05) is 5.73 Å². The van der Waals surface area contributed by atoms with Crippen LogP contribution in [0.5, 0.6) is 0 Å². The highest BCUT2D eigenvalue weighted by molar-refractivity contribution is 14.1. The highest BCUT2D eigenvalue weighted by Gasteiger charge is 2.17. The molecule has 0 atom stereocenters. The molecule has 1 aromatic heterocycles. The van der Waals surface area contributed by atoms with Gasteiger partial charge in [0.1, 0.15) is 0 Å². The molecule has 2 nitrogen and oxygen atoms in total. The Morgan fingerprint density at radius 3 is 2.06 bits per heavy atom. The zero-order valence-electron chi connectivity index (χ0n) is 11.3. The fraction of sp³-hybridized carbons (Fsp3) is 0.333. The van der Waals surface area contributed by atoms with Gasteiger partial charge in [0.25, 0.3) is 0 Å². The molecule has 0 amide bonds. The van der Waals surface area contributed by atoms with Gasteiger partial charge in [-0.15, -0.1) is 0 Å². The lowest BCUT2D eigenvalue weighted by Crippen LogP contribution is -2.09. The molecule has 0 saturated heterocycles. The number of halogens is 1. The van der Waals surface area contributed by atoms with Crippen molar-refractivity contribution in [2.45, 2.75) is 31.1 Å². The van der Waals surface area contributed by atoms with E-state index in [0.717, 1.165) is 11.4 Å². The Hall–Kier alpha value is -0.970. The lowest BCUT2D eigenvalue weighted by molar-refractivity contribution is 0.826. The van der Waals surface area contributed by atoms with Crippen LogP contribution in [0.2, 0.25) is 0 Å².